The highest BCUT2D eigenvalue weighted by Gasteiger charge is 2.61. The summed E-state index contributed by atoms with van der Waals surface area (Å²) >= 11 is 0. The predicted octanol–water partition coefficient (Wildman–Crippen LogP) is 4.66. The molecule has 1 aliphatic rings. The molecule has 2 rings (SSSR count). The Kier molecular flexibility index (Phi) is 5.78. The molecule has 0 fully saturated rings. The maximum absolute atomic E-state index is 13.7. The van der Waals surface area contributed by atoms with Gasteiger partial charge >= 0.3 is 12.1 Å². The number of halogens is 6. The van der Waals surface area contributed by atoms with Gasteiger partial charge in [-0.05, 0) is 31.0 Å². The lowest BCUT2D eigenvalue weighted by atomic mass is 9.58. The number of aliphatic carboxylic acids is 1. The summed E-state index contributed by atoms with van der Waals surface area (Å²) in [5, 5.41) is 19.3. The second-order valence-electron chi connectivity index (χ2n) is 6.56. The van der Waals surface area contributed by atoms with Crippen molar-refractivity contribution in [3.05, 3.63) is 35.1 Å². The van der Waals surface area contributed by atoms with Crippen LogP contribution in [0.15, 0.2) is 23.2 Å². The molecular weight excluding hydrogens is 390 g/mol. The van der Waals surface area contributed by atoms with Gasteiger partial charge in [0.15, 0.2) is 0 Å². The van der Waals surface area contributed by atoms with E-state index < -0.39 is 65.2 Å². The molecule has 4 atom stereocenters. The molecule has 0 aliphatic carbocycles. The van der Waals surface area contributed by atoms with E-state index in [1.165, 1.54) is 13.8 Å². The maximum Gasteiger partial charge on any atom is 0.416 e. The molecule has 1 aromatic carbocycles. The van der Waals surface area contributed by atoms with Crippen molar-refractivity contribution in [1.29, 1.82) is 5.26 Å². The average molecular weight is 406 g/mol. The monoisotopic (exact) mass is 406 g/mol. The summed E-state index contributed by atoms with van der Waals surface area (Å²) in [6.45, 7) is 2.42. The summed E-state index contributed by atoms with van der Waals surface area (Å²) in [5.41, 5.74) is -4.89. The van der Waals surface area contributed by atoms with Crippen LogP contribution in [0.25, 0.3) is 0 Å². The molecule has 0 saturated carbocycles. The lowest BCUT2D eigenvalue weighted by Gasteiger charge is -2.46. The Morgan fingerprint density at radius 3 is 2.43 bits per heavy atom. The third-order valence-corrected chi connectivity index (χ3v) is 5.23. The van der Waals surface area contributed by atoms with E-state index in [-0.39, 0.29) is 11.8 Å². The highest BCUT2D eigenvalue weighted by atomic mass is 19.4. The summed E-state index contributed by atoms with van der Waals surface area (Å²) in [6.07, 6.45) is -8.88. The molecule has 1 N–H and O–H groups in total. The Bertz CT molecular complexity index is 845. The van der Waals surface area contributed by atoms with Crippen LogP contribution in [0, 0.1) is 28.5 Å². The highest BCUT2D eigenvalue weighted by molar-refractivity contribution is 5.92. The predicted molar refractivity (Wildman–Crippen MR) is 86.5 cm³/mol. The first-order chi connectivity index (χ1) is 12.9. The molecule has 28 heavy (non-hydrogen) atoms. The molecule has 152 valence electrons. The summed E-state index contributed by atoms with van der Waals surface area (Å²) < 4.78 is 81.6. The number of nitriles is 1. The molecule has 1 aliphatic heterocycles. The number of hydrogen-bond donors (Lipinski definition) is 1. The SMILES string of the molecule is CCC1(C(=O)O)C(C(F)F)N=C(C)C(C#N)C1c1ccc(F)cc1C(F)(F)F. The molecule has 1 aromatic rings. The van der Waals surface area contributed by atoms with Gasteiger partial charge in [0.25, 0.3) is 6.43 Å². The second kappa shape index (κ2) is 7.45. The molecule has 0 saturated heterocycles. The summed E-state index contributed by atoms with van der Waals surface area (Å²) in [6, 6.07) is 1.10. The van der Waals surface area contributed by atoms with Crippen LogP contribution in [-0.2, 0) is 11.0 Å². The smallest absolute Gasteiger partial charge is 0.416 e. The molecular formula is C18H16F6N2O2. The minimum Gasteiger partial charge on any atom is -0.481 e. The summed E-state index contributed by atoms with van der Waals surface area (Å²) in [7, 11) is 0. The topological polar surface area (TPSA) is 73.4 Å². The zero-order valence-corrected chi connectivity index (χ0v) is 14.8. The van der Waals surface area contributed by atoms with E-state index >= 15 is 0 Å². The summed E-state index contributed by atoms with van der Waals surface area (Å²) in [4.78, 5) is 15.8. The van der Waals surface area contributed by atoms with Crippen molar-refractivity contribution in [3.63, 3.8) is 0 Å². The van der Waals surface area contributed by atoms with Gasteiger partial charge in [-0.25, -0.2) is 13.2 Å². The van der Waals surface area contributed by atoms with Gasteiger partial charge in [0.2, 0.25) is 0 Å². The third-order valence-electron chi connectivity index (χ3n) is 5.23. The van der Waals surface area contributed by atoms with Crippen LogP contribution in [0.1, 0.15) is 37.3 Å². The number of nitrogens with zero attached hydrogens (tertiary/aromatic N) is 2. The Balaban J connectivity index is 2.94. The van der Waals surface area contributed by atoms with Gasteiger partial charge in [-0.3, -0.25) is 9.79 Å². The first-order valence-corrected chi connectivity index (χ1v) is 8.23. The van der Waals surface area contributed by atoms with Crippen LogP contribution in [-0.4, -0.2) is 29.3 Å². The maximum atomic E-state index is 13.7. The van der Waals surface area contributed by atoms with Crippen molar-refractivity contribution in [1.82, 2.24) is 0 Å². The Morgan fingerprint density at radius 2 is 2.00 bits per heavy atom. The van der Waals surface area contributed by atoms with Gasteiger partial charge in [-0.2, -0.15) is 18.4 Å². The van der Waals surface area contributed by atoms with Crippen molar-refractivity contribution < 1.29 is 36.2 Å². The number of alkyl halides is 5. The molecule has 1 heterocycles. The zero-order valence-electron chi connectivity index (χ0n) is 14.8. The van der Waals surface area contributed by atoms with Crippen LogP contribution in [0.2, 0.25) is 0 Å². The van der Waals surface area contributed by atoms with Crippen LogP contribution < -0.4 is 0 Å². The van der Waals surface area contributed by atoms with Crippen molar-refractivity contribution in [3.8, 4) is 6.07 Å². The highest BCUT2D eigenvalue weighted by Crippen LogP contribution is 2.54. The molecule has 4 nitrogen and oxygen atoms in total. The van der Waals surface area contributed by atoms with E-state index in [0.717, 1.165) is 0 Å². The van der Waals surface area contributed by atoms with E-state index in [2.05, 4.69) is 4.99 Å². The molecule has 0 radical (unpaired) electrons. The Hall–Kier alpha value is -2.57. The van der Waals surface area contributed by atoms with Gasteiger partial charge in [0, 0.05) is 11.6 Å². The van der Waals surface area contributed by atoms with Crippen LogP contribution >= 0.6 is 0 Å². The fourth-order valence-electron chi connectivity index (χ4n) is 3.93. The van der Waals surface area contributed by atoms with Gasteiger partial charge in [-0.15, -0.1) is 0 Å². The number of carboxylic acids is 1. The van der Waals surface area contributed by atoms with Gasteiger partial charge in [0.1, 0.15) is 17.3 Å². The van der Waals surface area contributed by atoms with Crippen molar-refractivity contribution in [2.75, 3.05) is 0 Å². The quantitative estimate of drug-likeness (QED) is 0.740. The molecule has 0 aromatic heterocycles. The van der Waals surface area contributed by atoms with Crippen molar-refractivity contribution in [2.45, 2.75) is 44.8 Å². The number of carboxylic acid groups (broad SMARTS) is 1. The average Bonchev–Trinajstić information content (AvgIpc) is 2.59. The minimum absolute atomic E-state index is 0.171. The fraction of sp³-hybridized carbons (Fsp3) is 0.500. The van der Waals surface area contributed by atoms with E-state index in [1.54, 1.807) is 6.07 Å². The largest absolute Gasteiger partial charge is 0.481 e. The lowest BCUT2D eigenvalue weighted by Crippen LogP contribution is -2.55. The third kappa shape index (κ3) is 3.34. The zero-order chi connectivity index (χ0) is 21.4. The van der Waals surface area contributed by atoms with Gasteiger partial charge < -0.3 is 5.11 Å². The second-order valence-corrected chi connectivity index (χ2v) is 6.56. The number of hydrogen-bond acceptors (Lipinski definition) is 3. The Labute approximate surface area is 156 Å². The first kappa shape index (κ1) is 21.7. The van der Waals surface area contributed by atoms with Crippen molar-refractivity contribution >= 4 is 11.7 Å². The molecule has 0 amide bonds. The van der Waals surface area contributed by atoms with E-state index in [0.29, 0.717) is 12.1 Å². The molecule has 4 unspecified atom stereocenters. The fourth-order valence-corrected chi connectivity index (χ4v) is 3.93. The standard InChI is InChI=1S/C18H16F6N2O2/c1-3-17(16(27)28)13(11(7-25)8(2)26-14(17)15(20)21)10-5-4-9(19)6-12(10)18(22,23)24/h4-6,11,13-15H,3H2,1-2H3,(H,27,28). The number of rotatable bonds is 4. The van der Waals surface area contributed by atoms with Crippen LogP contribution in [0.5, 0.6) is 0 Å². The summed E-state index contributed by atoms with van der Waals surface area (Å²) in [5.74, 6) is -6.32. The number of benzene rings is 1. The molecule has 10 heteroatoms. The number of aliphatic imine (C=N–C) groups is 1. The van der Waals surface area contributed by atoms with Crippen molar-refractivity contribution in [2.24, 2.45) is 16.3 Å². The van der Waals surface area contributed by atoms with E-state index in [1.807, 2.05) is 0 Å². The van der Waals surface area contributed by atoms with Gasteiger partial charge in [0.05, 0.1) is 17.6 Å². The lowest BCUT2D eigenvalue weighted by molar-refractivity contribution is -0.158. The molecule has 0 bridgehead atoms. The first-order valence-electron chi connectivity index (χ1n) is 8.23. The Morgan fingerprint density at radius 1 is 1.39 bits per heavy atom. The van der Waals surface area contributed by atoms with E-state index in [4.69, 9.17) is 0 Å². The van der Waals surface area contributed by atoms with Gasteiger partial charge in [-0.1, -0.05) is 13.0 Å². The van der Waals surface area contributed by atoms with Crippen LogP contribution in [0.3, 0.4) is 0 Å². The van der Waals surface area contributed by atoms with E-state index in [9.17, 15) is 41.5 Å². The molecule has 0 spiro atoms. The number of carbonyl (C=O) groups is 1. The van der Waals surface area contributed by atoms with Crippen LogP contribution in [0.4, 0.5) is 26.3 Å². The minimum atomic E-state index is -5.09. The normalized spacial score (nSPS) is 28.0.